The first-order valence-electron chi connectivity index (χ1n) is 7.04. The minimum atomic E-state index is -4.70. The van der Waals surface area contributed by atoms with E-state index < -0.39 is 6.36 Å². The molecule has 0 aliphatic rings. The Kier molecular flexibility index (Phi) is 7.52. The molecule has 138 valence electrons. The molecule has 0 fully saturated rings. The second kappa shape index (κ2) is 8.92. The molecule has 1 aromatic carbocycles. The Bertz CT molecular complexity index is 695. The summed E-state index contributed by atoms with van der Waals surface area (Å²) in [5.41, 5.74) is 7.22. The SMILES string of the molecule is Cc1nc(CNC(N)=NCc2ccc(OC(F)(F)F)cc2)oc1C.I. The van der Waals surface area contributed by atoms with Gasteiger partial charge in [0.05, 0.1) is 18.8 Å². The highest BCUT2D eigenvalue weighted by molar-refractivity contribution is 14.0. The number of aryl methyl sites for hydroxylation is 2. The van der Waals surface area contributed by atoms with Crippen LogP contribution < -0.4 is 15.8 Å². The van der Waals surface area contributed by atoms with Crippen molar-refractivity contribution in [2.75, 3.05) is 0 Å². The number of oxazole rings is 1. The number of alkyl halides is 3. The standard InChI is InChI=1S/C15H17F3N4O2.HI/c1-9-10(2)23-13(22-9)8-21-14(19)20-7-11-3-5-12(6-4-11)24-15(16,17)18;/h3-6H,7-8H2,1-2H3,(H3,19,20,21);1H. The number of nitrogens with two attached hydrogens (primary N) is 1. The van der Waals surface area contributed by atoms with Crippen molar-refractivity contribution in [1.82, 2.24) is 10.3 Å². The van der Waals surface area contributed by atoms with Gasteiger partial charge in [0.25, 0.3) is 0 Å². The number of nitrogens with zero attached hydrogens (tertiary/aromatic N) is 2. The zero-order valence-electron chi connectivity index (χ0n) is 13.6. The highest BCUT2D eigenvalue weighted by Crippen LogP contribution is 2.22. The van der Waals surface area contributed by atoms with Crippen molar-refractivity contribution in [3.63, 3.8) is 0 Å². The number of guanidine groups is 1. The van der Waals surface area contributed by atoms with E-state index in [-0.39, 0.29) is 42.2 Å². The third-order valence-corrected chi connectivity index (χ3v) is 3.08. The van der Waals surface area contributed by atoms with Crippen LogP contribution in [0.4, 0.5) is 13.2 Å². The van der Waals surface area contributed by atoms with Gasteiger partial charge in [-0.2, -0.15) is 0 Å². The molecule has 0 unspecified atom stereocenters. The van der Waals surface area contributed by atoms with E-state index in [1.807, 2.05) is 13.8 Å². The second-order valence-electron chi connectivity index (χ2n) is 5.00. The summed E-state index contributed by atoms with van der Waals surface area (Å²) in [5, 5.41) is 2.85. The van der Waals surface area contributed by atoms with Crippen LogP contribution in [0.3, 0.4) is 0 Å². The van der Waals surface area contributed by atoms with Crippen LogP contribution in [0.1, 0.15) is 22.9 Å². The first kappa shape index (κ1) is 21.1. The lowest BCUT2D eigenvalue weighted by Gasteiger charge is -2.09. The Labute approximate surface area is 159 Å². The van der Waals surface area contributed by atoms with Gasteiger partial charge in [0.1, 0.15) is 11.5 Å². The van der Waals surface area contributed by atoms with Gasteiger partial charge in [-0.1, -0.05) is 12.1 Å². The summed E-state index contributed by atoms with van der Waals surface area (Å²) < 4.78 is 45.4. The lowest BCUT2D eigenvalue weighted by molar-refractivity contribution is -0.274. The normalized spacial score (nSPS) is 11.8. The van der Waals surface area contributed by atoms with E-state index in [0.29, 0.717) is 18.0 Å². The summed E-state index contributed by atoms with van der Waals surface area (Å²) in [6, 6.07) is 5.41. The van der Waals surface area contributed by atoms with Crippen LogP contribution in [0.15, 0.2) is 33.7 Å². The number of hydrogen-bond acceptors (Lipinski definition) is 4. The molecule has 0 atom stereocenters. The summed E-state index contributed by atoms with van der Waals surface area (Å²) in [7, 11) is 0. The molecule has 0 spiro atoms. The Morgan fingerprint density at radius 3 is 2.44 bits per heavy atom. The molecular formula is C15H18F3IN4O2. The number of aromatic nitrogens is 1. The summed E-state index contributed by atoms with van der Waals surface area (Å²) in [6.45, 7) is 4.17. The van der Waals surface area contributed by atoms with Crippen molar-refractivity contribution in [1.29, 1.82) is 0 Å². The number of hydrogen-bond donors (Lipinski definition) is 2. The molecule has 1 heterocycles. The van der Waals surface area contributed by atoms with E-state index >= 15 is 0 Å². The van der Waals surface area contributed by atoms with Crippen LogP contribution in [0.2, 0.25) is 0 Å². The molecule has 0 aliphatic heterocycles. The second-order valence-corrected chi connectivity index (χ2v) is 5.00. The van der Waals surface area contributed by atoms with Gasteiger partial charge in [0.15, 0.2) is 5.96 Å². The molecule has 1 aromatic heterocycles. The number of ether oxygens (including phenoxy) is 1. The smallest absolute Gasteiger partial charge is 0.444 e. The maximum absolute atomic E-state index is 12.1. The molecule has 2 aromatic rings. The third kappa shape index (κ3) is 7.20. The molecule has 0 bridgehead atoms. The Balaban J connectivity index is 0.00000312. The lowest BCUT2D eigenvalue weighted by atomic mass is 10.2. The molecule has 0 aliphatic carbocycles. The minimum absolute atomic E-state index is 0. The van der Waals surface area contributed by atoms with Crippen LogP contribution in [-0.4, -0.2) is 17.3 Å². The van der Waals surface area contributed by atoms with Crippen molar-refractivity contribution < 1.29 is 22.3 Å². The Morgan fingerprint density at radius 2 is 1.92 bits per heavy atom. The zero-order valence-corrected chi connectivity index (χ0v) is 15.9. The van der Waals surface area contributed by atoms with Gasteiger partial charge in [-0.3, -0.25) is 0 Å². The van der Waals surface area contributed by atoms with Crippen molar-refractivity contribution >= 4 is 29.9 Å². The molecule has 0 saturated heterocycles. The van der Waals surface area contributed by atoms with E-state index in [2.05, 4.69) is 20.0 Å². The monoisotopic (exact) mass is 470 g/mol. The van der Waals surface area contributed by atoms with E-state index in [1.165, 1.54) is 24.3 Å². The van der Waals surface area contributed by atoms with E-state index in [9.17, 15) is 13.2 Å². The first-order chi connectivity index (χ1) is 11.2. The fourth-order valence-electron chi connectivity index (χ4n) is 1.81. The van der Waals surface area contributed by atoms with Crippen LogP contribution in [-0.2, 0) is 13.1 Å². The van der Waals surface area contributed by atoms with Gasteiger partial charge in [-0.15, -0.1) is 37.1 Å². The predicted octanol–water partition coefficient (Wildman–Crippen LogP) is 3.41. The van der Waals surface area contributed by atoms with Gasteiger partial charge in [0.2, 0.25) is 5.89 Å². The van der Waals surface area contributed by atoms with Gasteiger partial charge in [0, 0.05) is 0 Å². The lowest BCUT2D eigenvalue weighted by Crippen LogP contribution is -2.31. The molecule has 10 heteroatoms. The fraction of sp³-hybridized carbons (Fsp3) is 0.333. The van der Waals surface area contributed by atoms with Crippen LogP contribution in [0.5, 0.6) is 5.75 Å². The van der Waals surface area contributed by atoms with Crippen LogP contribution in [0.25, 0.3) is 0 Å². The Hall–Kier alpha value is -1.98. The average molecular weight is 470 g/mol. The average Bonchev–Trinajstić information content (AvgIpc) is 2.81. The summed E-state index contributed by atoms with van der Waals surface area (Å²) in [5.74, 6) is 1.13. The molecule has 6 nitrogen and oxygen atoms in total. The molecule has 0 amide bonds. The number of rotatable bonds is 5. The zero-order chi connectivity index (χ0) is 17.7. The van der Waals surface area contributed by atoms with Gasteiger partial charge >= 0.3 is 6.36 Å². The molecule has 2 rings (SSSR count). The molecule has 0 radical (unpaired) electrons. The minimum Gasteiger partial charge on any atom is -0.444 e. The van der Waals surface area contributed by atoms with Gasteiger partial charge in [-0.25, -0.2) is 9.98 Å². The third-order valence-electron chi connectivity index (χ3n) is 3.08. The summed E-state index contributed by atoms with van der Waals surface area (Å²) in [6.07, 6.45) is -4.70. The number of aliphatic imine (C=N–C) groups is 1. The van der Waals surface area contributed by atoms with Crippen molar-refractivity contribution in [2.45, 2.75) is 33.3 Å². The quantitative estimate of drug-likeness (QED) is 0.398. The fourth-order valence-corrected chi connectivity index (χ4v) is 1.81. The largest absolute Gasteiger partial charge is 0.573 e. The van der Waals surface area contributed by atoms with E-state index in [4.69, 9.17) is 10.2 Å². The van der Waals surface area contributed by atoms with E-state index in [0.717, 1.165) is 11.5 Å². The highest BCUT2D eigenvalue weighted by Gasteiger charge is 2.30. The number of nitrogens with one attached hydrogen (secondary N) is 1. The van der Waals surface area contributed by atoms with Gasteiger partial charge in [-0.05, 0) is 31.5 Å². The topological polar surface area (TPSA) is 85.7 Å². The number of halogens is 4. The number of benzene rings is 1. The van der Waals surface area contributed by atoms with E-state index in [1.54, 1.807) is 0 Å². The molecular weight excluding hydrogens is 452 g/mol. The maximum Gasteiger partial charge on any atom is 0.573 e. The predicted molar refractivity (Wildman–Crippen MR) is 96.7 cm³/mol. The highest BCUT2D eigenvalue weighted by atomic mass is 127. The van der Waals surface area contributed by atoms with Crippen molar-refractivity contribution in [3.8, 4) is 5.75 Å². The molecule has 0 saturated carbocycles. The van der Waals surface area contributed by atoms with Crippen LogP contribution >= 0.6 is 24.0 Å². The summed E-state index contributed by atoms with van der Waals surface area (Å²) >= 11 is 0. The van der Waals surface area contributed by atoms with Crippen molar-refractivity contribution in [3.05, 3.63) is 47.2 Å². The van der Waals surface area contributed by atoms with Crippen LogP contribution in [0, 0.1) is 13.8 Å². The molecule has 3 N–H and O–H groups in total. The maximum atomic E-state index is 12.1. The summed E-state index contributed by atoms with van der Waals surface area (Å²) in [4.78, 5) is 8.29. The van der Waals surface area contributed by atoms with Crippen molar-refractivity contribution in [2.24, 2.45) is 10.7 Å². The van der Waals surface area contributed by atoms with Gasteiger partial charge < -0.3 is 20.2 Å². The Morgan fingerprint density at radius 1 is 1.28 bits per heavy atom. The first-order valence-corrected chi connectivity index (χ1v) is 7.04. The molecule has 25 heavy (non-hydrogen) atoms.